The topological polar surface area (TPSA) is 61.5 Å². The van der Waals surface area contributed by atoms with Crippen molar-refractivity contribution in [2.75, 3.05) is 6.61 Å². The van der Waals surface area contributed by atoms with Crippen LogP contribution in [0.1, 0.15) is 46.5 Å². The van der Waals surface area contributed by atoms with Crippen molar-refractivity contribution in [2.24, 2.45) is 5.90 Å². The molecule has 14 heavy (non-hydrogen) atoms. The number of carbonyl (C=O) groups is 1. The third-order valence-corrected chi connectivity index (χ3v) is 1.56. The number of unbranched alkanes of at least 4 members (excludes halogenated alkanes) is 2. The molecule has 0 aromatic rings. The highest BCUT2D eigenvalue weighted by Gasteiger charge is 2.15. The first-order valence-electron chi connectivity index (χ1n) is 4.99. The summed E-state index contributed by atoms with van der Waals surface area (Å²) in [6.45, 7) is 6.15. The van der Waals surface area contributed by atoms with Crippen LogP contribution in [0.5, 0.6) is 0 Å². The van der Waals surface area contributed by atoms with E-state index in [1.54, 1.807) is 0 Å². The molecule has 4 heteroatoms. The molecule has 0 atom stereocenters. The molecule has 0 radical (unpaired) electrons. The Hall–Kier alpha value is -0.610. The first-order chi connectivity index (χ1) is 6.45. The fourth-order valence-corrected chi connectivity index (χ4v) is 1.02. The third-order valence-electron chi connectivity index (χ3n) is 1.56. The molecule has 2 N–H and O–H groups in total. The zero-order valence-corrected chi connectivity index (χ0v) is 9.34. The molecular weight excluding hydrogens is 182 g/mol. The van der Waals surface area contributed by atoms with Gasteiger partial charge >= 0.3 is 5.97 Å². The molecular formula is C10H21NO3. The molecule has 0 bridgehead atoms. The maximum atomic E-state index is 11.2. The van der Waals surface area contributed by atoms with E-state index in [-0.39, 0.29) is 11.6 Å². The Morgan fingerprint density at radius 3 is 2.36 bits per heavy atom. The Balaban J connectivity index is 3.36. The quantitative estimate of drug-likeness (QED) is 0.406. The number of hydrogen-bond acceptors (Lipinski definition) is 4. The average molecular weight is 203 g/mol. The van der Waals surface area contributed by atoms with Crippen molar-refractivity contribution in [3.8, 4) is 0 Å². The lowest BCUT2D eigenvalue weighted by Crippen LogP contribution is -2.23. The molecule has 4 nitrogen and oxygen atoms in total. The number of carbonyl (C=O) groups excluding carboxylic acids is 1. The van der Waals surface area contributed by atoms with Crippen LogP contribution in [0, 0.1) is 0 Å². The Morgan fingerprint density at radius 1 is 1.21 bits per heavy atom. The molecule has 0 aliphatic carbocycles. The van der Waals surface area contributed by atoms with E-state index in [4.69, 9.17) is 10.6 Å². The largest absolute Gasteiger partial charge is 0.460 e. The van der Waals surface area contributed by atoms with Crippen LogP contribution in [0.25, 0.3) is 0 Å². The lowest BCUT2D eigenvalue weighted by atomic mass is 10.1. The minimum Gasteiger partial charge on any atom is -0.460 e. The summed E-state index contributed by atoms with van der Waals surface area (Å²) in [4.78, 5) is 15.6. The van der Waals surface area contributed by atoms with E-state index < -0.39 is 0 Å². The van der Waals surface area contributed by atoms with Crippen molar-refractivity contribution < 1.29 is 14.4 Å². The van der Waals surface area contributed by atoms with E-state index in [1.165, 1.54) is 0 Å². The normalized spacial score (nSPS) is 11.4. The van der Waals surface area contributed by atoms with E-state index >= 15 is 0 Å². The third kappa shape index (κ3) is 9.48. The minimum absolute atomic E-state index is 0.133. The van der Waals surface area contributed by atoms with E-state index in [0.717, 1.165) is 19.3 Å². The summed E-state index contributed by atoms with van der Waals surface area (Å²) in [5, 5.41) is 0. The van der Waals surface area contributed by atoms with Gasteiger partial charge in [-0.2, -0.15) is 0 Å². The number of nitrogens with two attached hydrogens (primary N) is 1. The van der Waals surface area contributed by atoms with Crippen LogP contribution in [0.4, 0.5) is 0 Å². The summed E-state index contributed by atoms with van der Waals surface area (Å²) in [6.07, 6.45) is 3.13. The highest BCUT2D eigenvalue weighted by atomic mass is 16.6. The van der Waals surface area contributed by atoms with Crippen molar-refractivity contribution in [1.82, 2.24) is 0 Å². The molecule has 0 unspecified atom stereocenters. The fraction of sp³-hybridized carbons (Fsp3) is 0.900. The summed E-state index contributed by atoms with van der Waals surface area (Å²) in [5.41, 5.74) is -0.378. The summed E-state index contributed by atoms with van der Waals surface area (Å²) in [7, 11) is 0. The maximum absolute atomic E-state index is 11.2. The lowest BCUT2D eigenvalue weighted by Gasteiger charge is -2.19. The summed E-state index contributed by atoms with van der Waals surface area (Å²) < 4.78 is 5.15. The Labute approximate surface area is 85.7 Å². The Morgan fingerprint density at radius 2 is 1.86 bits per heavy atom. The second-order valence-corrected chi connectivity index (χ2v) is 4.27. The van der Waals surface area contributed by atoms with Gasteiger partial charge in [0, 0.05) is 6.42 Å². The van der Waals surface area contributed by atoms with Gasteiger partial charge in [-0.3, -0.25) is 4.79 Å². The summed E-state index contributed by atoms with van der Waals surface area (Å²) in [6, 6.07) is 0. The van der Waals surface area contributed by atoms with Gasteiger partial charge in [0.05, 0.1) is 6.61 Å². The van der Waals surface area contributed by atoms with Gasteiger partial charge in [0.2, 0.25) is 0 Å². The van der Waals surface area contributed by atoms with Gasteiger partial charge in [-0.15, -0.1) is 0 Å². The van der Waals surface area contributed by atoms with Crippen molar-refractivity contribution in [3.63, 3.8) is 0 Å². The standard InChI is InChI=1S/C10H21NO3/c1-10(2,3)14-9(12)7-5-4-6-8-13-11/h4-8,11H2,1-3H3. The summed E-state index contributed by atoms with van der Waals surface area (Å²) in [5.74, 6) is 4.73. The van der Waals surface area contributed by atoms with Gasteiger partial charge in [-0.25, -0.2) is 5.90 Å². The zero-order chi connectivity index (χ0) is 11.0. The molecule has 0 aliphatic heterocycles. The molecule has 0 aromatic heterocycles. The smallest absolute Gasteiger partial charge is 0.306 e. The molecule has 0 heterocycles. The minimum atomic E-state index is -0.378. The lowest BCUT2D eigenvalue weighted by molar-refractivity contribution is -0.154. The number of ether oxygens (including phenoxy) is 1. The average Bonchev–Trinajstić information content (AvgIpc) is 2.00. The molecule has 0 aliphatic rings. The number of rotatable bonds is 6. The molecule has 0 fully saturated rings. The van der Waals surface area contributed by atoms with E-state index in [1.807, 2.05) is 20.8 Å². The van der Waals surface area contributed by atoms with Crippen LogP contribution in [-0.2, 0) is 14.4 Å². The predicted molar refractivity (Wildman–Crippen MR) is 54.5 cm³/mol. The molecule has 0 saturated heterocycles. The second-order valence-electron chi connectivity index (χ2n) is 4.27. The highest BCUT2D eigenvalue weighted by molar-refractivity contribution is 5.69. The SMILES string of the molecule is CC(C)(C)OC(=O)CCCCCON. The van der Waals surface area contributed by atoms with Crippen molar-refractivity contribution in [3.05, 3.63) is 0 Å². The monoisotopic (exact) mass is 203 g/mol. The highest BCUT2D eigenvalue weighted by Crippen LogP contribution is 2.10. The predicted octanol–water partition coefficient (Wildman–Crippen LogP) is 1.78. The van der Waals surface area contributed by atoms with Crippen molar-refractivity contribution in [1.29, 1.82) is 0 Å². The first kappa shape index (κ1) is 13.4. The molecule has 0 rings (SSSR count). The van der Waals surface area contributed by atoms with Crippen LogP contribution in [-0.4, -0.2) is 18.2 Å². The van der Waals surface area contributed by atoms with Crippen molar-refractivity contribution >= 4 is 5.97 Å². The number of esters is 1. The molecule has 0 saturated carbocycles. The number of hydrogen-bond donors (Lipinski definition) is 1. The molecule has 0 amide bonds. The molecule has 0 aromatic carbocycles. The maximum Gasteiger partial charge on any atom is 0.306 e. The summed E-state index contributed by atoms with van der Waals surface area (Å²) >= 11 is 0. The van der Waals surface area contributed by atoms with E-state index in [9.17, 15) is 4.79 Å². The van der Waals surface area contributed by atoms with Gasteiger partial charge in [0.1, 0.15) is 5.60 Å². The van der Waals surface area contributed by atoms with Crippen LogP contribution < -0.4 is 5.90 Å². The Bertz CT molecular complexity index is 163. The van der Waals surface area contributed by atoms with Crippen LogP contribution >= 0.6 is 0 Å². The van der Waals surface area contributed by atoms with Crippen LogP contribution in [0.15, 0.2) is 0 Å². The van der Waals surface area contributed by atoms with Gasteiger partial charge in [-0.1, -0.05) is 6.42 Å². The van der Waals surface area contributed by atoms with E-state index in [2.05, 4.69) is 4.84 Å². The molecule has 84 valence electrons. The fourth-order valence-electron chi connectivity index (χ4n) is 1.02. The Kier molecular flexibility index (Phi) is 6.49. The van der Waals surface area contributed by atoms with Gasteiger partial charge in [0.25, 0.3) is 0 Å². The van der Waals surface area contributed by atoms with Gasteiger partial charge in [0.15, 0.2) is 0 Å². The zero-order valence-electron chi connectivity index (χ0n) is 9.34. The van der Waals surface area contributed by atoms with Crippen LogP contribution in [0.3, 0.4) is 0 Å². The van der Waals surface area contributed by atoms with Crippen LogP contribution in [0.2, 0.25) is 0 Å². The first-order valence-corrected chi connectivity index (χ1v) is 4.99. The second kappa shape index (κ2) is 6.79. The molecule has 0 spiro atoms. The van der Waals surface area contributed by atoms with Crippen molar-refractivity contribution in [2.45, 2.75) is 52.1 Å². The van der Waals surface area contributed by atoms with Gasteiger partial charge in [-0.05, 0) is 33.6 Å². The van der Waals surface area contributed by atoms with E-state index in [0.29, 0.717) is 13.0 Å². The van der Waals surface area contributed by atoms with Gasteiger partial charge < -0.3 is 9.57 Å².